The van der Waals surface area contributed by atoms with Crippen molar-refractivity contribution in [3.63, 3.8) is 0 Å². The standard InChI is InChI=1S/C26H38FN7O/c1-4-5-11-28-25(35)20-7-6-8-22(20)31-24-21(27)17-29-26(32-24)30-19-9-10-23(18(2)16-19)34-14-12-33(3)13-15-34/h9-10,16-17,20,22H,4-8,11-15H2,1-3H3,(H,28,35)(H2,29,30,31,32). The Morgan fingerprint density at radius 3 is 2.74 bits per heavy atom. The molecule has 0 radical (unpaired) electrons. The van der Waals surface area contributed by atoms with Crippen molar-refractivity contribution in [1.82, 2.24) is 20.2 Å². The molecular weight excluding hydrogens is 445 g/mol. The van der Waals surface area contributed by atoms with Gasteiger partial charge in [0.05, 0.1) is 12.1 Å². The number of carbonyl (C=O) groups is 1. The normalized spacial score (nSPS) is 20.6. The lowest BCUT2D eigenvalue weighted by Gasteiger charge is -2.35. The lowest BCUT2D eigenvalue weighted by Crippen LogP contribution is -2.44. The van der Waals surface area contributed by atoms with Gasteiger partial charge >= 0.3 is 0 Å². The fourth-order valence-corrected chi connectivity index (χ4v) is 4.93. The third-order valence-corrected chi connectivity index (χ3v) is 7.05. The van der Waals surface area contributed by atoms with Gasteiger partial charge in [0.15, 0.2) is 11.6 Å². The van der Waals surface area contributed by atoms with Gasteiger partial charge in [-0.1, -0.05) is 19.8 Å². The number of aromatic nitrogens is 2. The zero-order valence-corrected chi connectivity index (χ0v) is 21.1. The predicted molar refractivity (Wildman–Crippen MR) is 139 cm³/mol. The summed E-state index contributed by atoms with van der Waals surface area (Å²) in [4.78, 5) is 25.9. The number of benzene rings is 1. The second-order valence-corrected chi connectivity index (χ2v) is 9.74. The number of amides is 1. The van der Waals surface area contributed by atoms with Gasteiger partial charge in [-0.3, -0.25) is 4.79 Å². The van der Waals surface area contributed by atoms with Crippen LogP contribution in [0, 0.1) is 18.7 Å². The van der Waals surface area contributed by atoms with E-state index in [4.69, 9.17) is 0 Å². The van der Waals surface area contributed by atoms with Gasteiger partial charge in [0.1, 0.15) is 0 Å². The number of aryl methyl sites for hydroxylation is 1. The maximum Gasteiger partial charge on any atom is 0.229 e. The second kappa shape index (κ2) is 11.7. The number of unbranched alkanes of at least 4 members (excludes halogenated alkanes) is 1. The van der Waals surface area contributed by atoms with Crippen molar-refractivity contribution in [3.8, 4) is 0 Å². The fraction of sp³-hybridized carbons (Fsp3) is 0.577. The molecule has 2 aliphatic rings. The molecule has 1 amide bonds. The molecule has 35 heavy (non-hydrogen) atoms. The largest absolute Gasteiger partial charge is 0.369 e. The molecule has 2 aromatic rings. The van der Waals surface area contributed by atoms with E-state index >= 15 is 0 Å². The summed E-state index contributed by atoms with van der Waals surface area (Å²) in [5, 5.41) is 9.41. The first-order valence-electron chi connectivity index (χ1n) is 12.8. The van der Waals surface area contributed by atoms with Crippen LogP contribution >= 0.6 is 0 Å². The van der Waals surface area contributed by atoms with Crippen LogP contribution in [-0.4, -0.2) is 66.6 Å². The van der Waals surface area contributed by atoms with E-state index in [1.807, 2.05) is 6.07 Å². The number of hydrogen-bond donors (Lipinski definition) is 3. The number of likely N-dealkylation sites (N-methyl/N-ethyl adjacent to an activating group) is 1. The van der Waals surface area contributed by atoms with E-state index in [2.05, 4.69) is 68.7 Å². The van der Waals surface area contributed by atoms with Crippen molar-refractivity contribution in [2.45, 2.75) is 52.0 Å². The summed E-state index contributed by atoms with van der Waals surface area (Å²) in [5.41, 5.74) is 3.25. The van der Waals surface area contributed by atoms with E-state index < -0.39 is 5.82 Å². The summed E-state index contributed by atoms with van der Waals surface area (Å²) in [5.74, 6) is -0.206. The zero-order chi connectivity index (χ0) is 24.8. The number of nitrogens with zero attached hydrogens (tertiary/aromatic N) is 4. The monoisotopic (exact) mass is 483 g/mol. The molecule has 1 aromatic heterocycles. The molecule has 1 aliphatic carbocycles. The van der Waals surface area contributed by atoms with Crippen LogP contribution in [0.5, 0.6) is 0 Å². The average molecular weight is 484 g/mol. The molecule has 3 N–H and O–H groups in total. The van der Waals surface area contributed by atoms with Gasteiger partial charge in [-0.2, -0.15) is 4.98 Å². The molecule has 1 saturated heterocycles. The van der Waals surface area contributed by atoms with Crippen LogP contribution in [0.2, 0.25) is 0 Å². The minimum atomic E-state index is -0.519. The minimum absolute atomic E-state index is 0.0391. The van der Waals surface area contributed by atoms with Gasteiger partial charge in [0, 0.05) is 50.1 Å². The molecular formula is C26H38FN7O. The molecule has 0 spiro atoms. The van der Waals surface area contributed by atoms with Crippen molar-refractivity contribution in [2.24, 2.45) is 5.92 Å². The third-order valence-electron chi connectivity index (χ3n) is 7.05. The molecule has 8 nitrogen and oxygen atoms in total. The Morgan fingerprint density at radius 2 is 2.00 bits per heavy atom. The van der Waals surface area contributed by atoms with E-state index in [0.29, 0.717) is 12.5 Å². The number of anilines is 4. The lowest BCUT2D eigenvalue weighted by molar-refractivity contribution is -0.125. The molecule has 2 atom stereocenters. The summed E-state index contributed by atoms with van der Waals surface area (Å²) in [7, 11) is 2.15. The second-order valence-electron chi connectivity index (χ2n) is 9.74. The summed E-state index contributed by atoms with van der Waals surface area (Å²) in [6.45, 7) is 9.02. The van der Waals surface area contributed by atoms with Crippen molar-refractivity contribution in [2.75, 3.05) is 55.3 Å². The number of halogens is 1. The quantitative estimate of drug-likeness (QED) is 0.466. The zero-order valence-electron chi connectivity index (χ0n) is 21.1. The van der Waals surface area contributed by atoms with Crippen molar-refractivity contribution < 1.29 is 9.18 Å². The summed E-state index contributed by atoms with van der Waals surface area (Å²) in [6.07, 6.45) is 5.71. The Labute approximate surface area is 207 Å². The van der Waals surface area contributed by atoms with Gasteiger partial charge in [-0.05, 0) is 57.0 Å². The van der Waals surface area contributed by atoms with Crippen molar-refractivity contribution in [3.05, 3.63) is 35.8 Å². The molecule has 1 aliphatic heterocycles. The Kier molecular flexibility index (Phi) is 8.38. The Balaban J connectivity index is 1.41. The number of carbonyl (C=O) groups excluding carboxylic acids is 1. The van der Waals surface area contributed by atoms with Gasteiger partial charge in [0.2, 0.25) is 11.9 Å². The van der Waals surface area contributed by atoms with Gasteiger partial charge in [-0.15, -0.1) is 0 Å². The molecule has 4 rings (SSSR count). The molecule has 2 fully saturated rings. The molecule has 190 valence electrons. The highest BCUT2D eigenvalue weighted by Gasteiger charge is 2.33. The number of rotatable bonds is 9. The molecule has 2 heterocycles. The SMILES string of the molecule is CCCCNC(=O)C1CCCC1Nc1nc(Nc2ccc(N3CCN(C)CC3)c(C)c2)ncc1F. The van der Waals surface area contributed by atoms with Gasteiger partial charge in [0.25, 0.3) is 0 Å². The first-order valence-corrected chi connectivity index (χ1v) is 12.8. The van der Waals surface area contributed by atoms with Crippen LogP contribution in [0.3, 0.4) is 0 Å². The number of piperazine rings is 1. The lowest BCUT2D eigenvalue weighted by atomic mass is 10.0. The van der Waals surface area contributed by atoms with Crippen LogP contribution in [-0.2, 0) is 4.79 Å². The van der Waals surface area contributed by atoms with Crippen molar-refractivity contribution in [1.29, 1.82) is 0 Å². The molecule has 9 heteroatoms. The predicted octanol–water partition coefficient (Wildman–Crippen LogP) is 3.92. The highest BCUT2D eigenvalue weighted by Crippen LogP contribution is 2.30. The van der Waals surface area contributed by atoms with Crippen LogP contribution in [0.15, 0.2) is 24.4 Å². The summed E-state index contributed by atoms with van der Waals surface area (Å²) < 4.78 is 14.6. The van der Waals surface area contributed by atoms with E-state index in [1.54, 1.807) is 0 Å². The first-order chi connectivity index (χ1) is 16.9. The molecule has 2 unspecified atom stereocenters. The van der Waals surface area contributed by atoms with Gasteiger partial charge < -0.3 is 25.8 Å². The highest BCUT2D eigenvalue weighted by molar-refractivity contribution is 5.80. The van der Waals surface area contributed by atoms with Crippen LogP contribution < -0.4 is 20.9 Å². The fourth-order valence-electron chi connectivity index (χ4n) is 4.93. The van der Waals surface area contributed by atoms with Crippen LogP contribution in [0.4, 0.5) is 27.5 Å². The maximum absolute atomic E-state index is 14.6. The van der Waals surface area contributed by atoms with Crippen LogP contribution in [0.25, 0.3) is 0 Å². The van der Waals surface area contributed by atoms with Crippen LogP contribution in [0.1, 0.15) is 44.6 Å². The number of hydrogen-bond acceptors (Lipinski definition) is 7. The topological polar surface area (TPSA) is 85.4 Å². The van der Waals surface area contributed by atoms with E-state index in [0.717, 1.165) is 64.0 Å². The smallest absolute Gasteiger partial charge is 0.229 e. The van der Waals surface area contributed by atoms with E-state index in [-0.39, 0.29) is 23.7 Å². The summed E-state index contributed by atoms with van der Waals surface area (Å²) >= 11 is 0. The molecule has 0 bridgehead atoms. The third kappa shape index (κ3) is 6.39. The Bertz CT molecular complexity index is 1010. The molecule has 1 aromatic carbocycles. The Hall–Kier alpha value is -2.94. The summed E-state index contributed by atoms with van der Waals surface area (Å²) in [6, 6.07) is 6.06. The number of nitrogens with one attached hydrogen (secondary N) is 3. The Morgan fingerprint density at radius 1 is 1.20 bits per heavy atom. The molecule has 1 saturated carbocycles. The van der Waals surface area contributed by atoms with Crippen molar-refractivity contribution >= 4 is 29.0 Å². The first kappa shape index (κ1) is 25.2. The minimum Gasteiger partial charge on any atom is -0.369 e. The van der Waals surface area contributed by atoms with Gasteiger partial charge in [-0.25, -0.2) is 9.37 Å². The highest BCUT2D eigenvalue weighted by atomic mass is 19.1. The van der Waals surface area contributed by atoms with E-state index in [1.165, 1.54) is 17.4 Å². The average Bonchev–Trinajstić information content (AvgIpc) is 3.30. The maximum atomic E-state index is 14.6. The van der Waals surface area contributed by atoms with E-state index in [9.17, 15) is 9.18 Å².